The van der Waals surface area contributed by atoms with Gasteiger partial charge in [0.1, 0.15) is 0 Å². The number of rotatable bonds is 3. The summed E-state index contributed by atoms with van der Waals surface area (Å²) in [5.41, 5.74) is 8.51. The van der Waals surface area contributed by atoms with Crippen LogP contribution in [-0.4, -0.2) is 43.7 Å². The lowest BCUT2D eigenvalue weighted by Gasteiger charge is -2.40. The van der Waals surface area contributed by atoms with Crippen molar-refractivity contribution in [3.05, 3.63) is 28.8 Å². The predicted octanol–water partition coefficient (Wildman–Crippen LogP) is 2.37. The van der Waals surface area contributed by atoms with Crippen molar-refractivity contribution in [2.75, 3.05) is 31.6 Å². The summed E-state index contributed by atoms with van der Waals surface area (Å²) in [6.45, 7) is 7.49. The molecule has 3 nitrogen and oxygen atoms in total. The zero-order valence-corrected chi connectivity index (χ0v) is 12.8. The summed E-state index contributed by atoms with van der Waals surface area (Å²) in [7, 11) is 2.18. The van der Waals surface area contributed by atoms with E-state index in [0.717, 1.165) is 31.1 Å². The highest BCUT2D eigenvalue weighted by molar-refractivity contribution is 6.30. The first kappa shape index (κ1) is 14.6. The second-order valence-corrected chi connectivity index (χ2v) is 6.17. The number of hydrogen-bond acceptors (Lipinski definition) is 3. The average Bonchev–Trinajstić information content (AvgIpc) is 2.34. The Labute approximate surface area is 121 Å². The van der Waals surface area contributed by atoms with E-state index in [4.69, 9.17) is 17.3 Å². The highest BCUT2D eigenvalue weighted by Gasteiger charge is 2.22. The Balaban J connectivity index is 2.24. The summed E-state index contributed by atoms with van der Waals surface area (Å²) in [6, 6.07) is 6.89. The Morgan fingerprint density at radius 3 is 2.79 bits per heavy atom. The zero-order chi connectivity index (χ0) is 14.0. The van der Waals surface area contributed by atoms with E-state index < -0.39 is 0 Å². The number of nitrogens with zero attached hydrogens (tertiary/aromatic N) is 2. The van der Waals surface area contributed by atoms with Crippen LogP contribution in [0.4, 0.5) is 5.69 Å². The summed E-state index contributed by atoms with van der Waals surface area (Å²) >= 11 is 6.17. The molecule has 1 aromatic carbocycles. The maximum absolute atomic E-state index is 6.17. The fourth-order valence-electron chi connectivity index (χ4n) is 2.62. The molecule has 2 N–H and O–H groups in total. The summed E-state index contributed by atoms with van der Waals surface area (Å²) < 4.78 is 0. The van der Waals surface area contributed by atoms with Crippen molar-refractivity contribution >= 4 is 17.3 Å². The molecular formula is C15H24ClN3. The van der Waals surface area contributed by atoms with Crippen molar-refractivity contribution in [3.8, 4) is 0 Å². The summed E-state index contributed by atoms with van der Waals surface area (Å²) in [5.74, 6) is 0. The lowest BCUT2D eigenvalue weighted by Crippen LogP contribution is -2.50. The number of halogens is 1. The molecule has 0 radical (unpaired) electrons. The molecule has 0 aromatic heterocycles. The van der Waals surface area contributed by atoms with Crippen LogP contribution >= 0.6 is 11.6 Å². The third-order valence-corrected chi connectivity index (χ3v) is 4.12. The predicted molar refractivity (Wildman–Crippen MR) is 83.1 cm³/mol. The number of anilines is 1. The molecule has 2 unspecified atom stereocenters. The molecule has 0 amide bonds. The van der Waals surface area contributed by atoms with Gasteiger partial charge in [0.15, 0.2) is 0 Å². The smallest absolute Gasteiger partial charge is 0.0426 e. The number of benzene rings is 1. The number of nitrogens with two attached hydrogens (primary N) is 1. The Morgan fingerprint density at radius 1 is 1.42 bits per heavy atom. The van der Waals surface area contributed by atoms with Crippen molar-refractivity contribution in [1.29, 1.82) is 0 Å². The Morgan fingerprint density at radius 2 is 2.16 bits per heavy atom. The third kappa shape index (κ3) is 3.62. The fraction of sp³-hybridized carbons (Fsp3) is 0.600. The van der Waals surface area contributed by atoms with Crippen molar-refractivity contribution in [2.24, 2.45) is 5.73 Å². The van der Waals surface area contributed by atoms with Gasteiger partial charge < -0.3 is 15.5 Å². The van der Waals surface area contributed by atoms with Crippen LogP contribution in [0.2, 0.25) is 5.02 Å². The van der Waals surface area contributed by atoms with Gasteiger partial charge >= 0.3 is 0 Å². The van der Waals surface area contributed by atoms with E-state index in [1.165, 1.54) is 11.3 Å². The standard InChI is InChI=1S/C15H24ClN3/c1-11(17)8-13-4-5-14(16)9-15(13)19-7-6-18(3)12(2)10-19/h4-5,9,11-12H,6-8,10,17H2,1-3H3. The van der Waals surface area contributed by atoms with Crippen molar-refractivity contribution in [1.82, 2.24) is 4.90 Å². The van der Waals surface area contributed by atoms with E-state index >= 15 is 0 Å². The molecule has 4 heteroatoms. The first-order valence-corrected chi connectivity index (χ1v) is 7.34. The maximum Gasteiger partial charge on any atom is 0.0426 e. The lowest BCUT2D eigenvalue weighted by molar-refractivity contribution is 0.234. The summed E-state index contributed by atoms with van der Waals surface area (Å²) in [6.07, 6.45) is 0.896. The molecular weight excluding hydrogens is 258 g/mol. The molecule has 2 rings (SSSR count). The molecule has 1 saturated heterocycles. The molecule has 1 heterocycles. The lowest BCUT2D eigenvalue weighted by atomic mass is 10.0. The first-order valence-electron chi connectivity index (χ1n) is 6.96. The Kier molecular flexibility index (Phi) is 4.71. The second-order valence-electron chi connectivity index (χ2n) is 5.73. The number of likely N-dealkylation sites (N-methyl/N-ethyl adjacent to an activating group) is 1. The summed E-state index contributed by atoms with van der Waals surface area (Å²) in [4.78, 5) is 4.83. The van der Waals surface area contributed by atoms with E-state index in [1.807, 2.05) is 13.0 Å². The van der Waals surface area contributed by atoms with Crippen LogP contribution in [0, 0.1) is 0 Å². The van der Waals surface area contributed by atoms with Gasteiger partial charge in [-0.15, -0.1) is 0 Å². The molecule has 1 aliphatic heterocycles. The van der Waals surface area contributed by atoms with Crippen molar-refractivity contribution in [2.45, 2.75) is 32.4 Å². The molecule has 0 spiro atoms. The number of hydrogen-bond donors (Lipinski definition) is 1. The molecule has 1 aliphatic rings. The topological polar surface area (TPSA) is 32.5 Å². The zero-order valence-electron chi connectivity index (χ0n) is 12.1. The van der Waals surface area contributed by atoms with Gasteiger partial charge in [-0.3, -0.25) is 0 Å². The van der Waals surface area contributed by atoms with E-state index in [2.05, 4.69) is 35.9 Å². The van der Waals surface area contributed by atoms with Gasteiger partial charge in [-0.1, -0.05) is 17.7 Å². The SMILES string of the molecule is CC(N)Cc1ccc(Cl)cc1N1CCN(C)C(C)C1. The van der Waals surface area contributed by atoms with E-state index in [0.29, 0.717) is 6.04 Å². The van der Waals surface area contributed by atoms with Gasteiger partial charge in [0.25, 0.3) is 0 Å². The van der Waals surface area contributed by atoms with Gasteiger partial charge in [0, 0.05) is 42.4 Å². The van der Waals surface area contributed by atoms with Crippen LogP contribution in [0.25, 0.3) is 0 Å². The van der Waals surface area contributed by atoms with Crippen LogP contribution in [0.15, 0.2) is 18.2 Å². The molecule has 1 aromatic rings. The van der Waals surface area contributed by atoms with Gasteiger partial charge in [-0.2, -0.15) is 0 Å². The molecule has 0 bridgehead atoms. The Hall–Kier alpha value is -0.770. The minimum absolute atomic E-state index is 0.171. The van der Waals surface area contributed by atoms with Gasteiger partial charge in [-0.05, 0) is 45.0 Å². The molecule has 19 heavy (non-hydrogen) atoms. The van der Waals surface area contributed by atoms with Gasteiger partial charge in [-0.25, -0.2) is 0 Å². The molecule has 1 fully saturated rings. The normalized spacial score (nSPS) is 22.6. The first-order chi connectivity index (χ1) is 8.97. The quantitative estimate of drug-likeness (QED) is 0.923. The van der Waals surface area contributed by atoms with Crippen LogP contribution in [0.3, 0.4) is 0 Å². The maximum atomic E-state index is 6.17. The van der Waals surface area contributed by atoms with Crippen LogP contribution in [0.5, 0.6) is 0 Å². The minimum Gasteiger partial charge on any atom is -0.368 e. The van der Waals surface area contributed by atoms with Gasteiger partial charge in [0.05, 0.1) is 0 Å². The van der Waals surface area contributed by atoms with Crippen molar-refractivity contribution < 1.29 is 0 Å². The van der Waals surface area contributed by atoms with Crippen LogP contribution in [-0.2, 0) is 6.42 Å². The monoisotopic (exact) mass is 281 g/mol. The summed E-state index contributed by atoms with van der Waals surface area (Å²) in [5, 5.41) is 0.801. The third-order valence-electron chi connectivity index (χ3n) is 3.89. The van der Waals surface area contributed by atoms with E-state index in [1.54, 1.807) is 0 Å². The Bertz CT molecular complexity index is 433. The van der Waals surface area contributed by atoms with E-state index in [-0.39, 0.29) is 6.04 Å². The molecule has 0 aliphatic carbocycles. The van der Waals surface area contributed by atoms with Gasteiger partial charge in [0.2, 0.25) is 0 Å². The number of piperazine rings is 1. The highest BCUT2D eigenvalue weighted by Crippen LogP contribution is 2.27. The second kappa shape index (κ2) is 6.12. The van der Waals surface area contributed by atoms with Crippen LogP contribution in [0.1, 0.15) is 19.4 Å². The van der Waals surface area contributed by atoms with E-state index in [9.17, 15) is 0 Å². The largest absolute Gasteiger partial charge is 0.368 e. The molecule has 106 valence electrons. The molecule has 0 saturated carbocycles. The highest BCUT2D eigenvalue weighted by atomic mass is 35.5. The van der Waals surface area contributed by atoms with Crippen LogP contribution < -0.4 is 10.6 Å². The fourth-order valence-corrected chi connectivity index (χ4v) is 2.78. The average molecular weight is 282 g/mol. The minimum atomic E-state index is 0.171. The van der Waals surface area contributed by atoms with Crippen molar-refractivity contribution in [3.63, 3.8) is 0 Å². The molecule has 2 atom stereocenters.